The van der Waals surface area contributed by atoms with Gasteiger partial charge in [-0.15, -0.1) is 0 Å². The second-order valence-electron chi connectivity index (χ2n) is 7.81. The number of piperidine rings is 1. The molecule has 1 aliphatic rings. The molecule has 30 heavy (non-hydrogen) atoms. The van der Waals surface area contributed by atoms with E-state index >= 15 is 0 Å². The van der Waals surface area contributed by atoms with Crippen LogP contribution in [0.25, 0.3) is 27.8 Å². The highest BCUT2D eigenvalue weighted by molar-refractivity contribution is 5.81. The zero-order valence-corrected chi connectivity index (χ0v) is 16.4. The highest BCUT2D eigenvalue weighted by Gasteiger charge is 2.22. The van der Waals surface area contributed by atoms with Crippen molar-refractivity contribution in [3.05, 3.63) is 72.8 Å². The summed E-state index contributed by atoms with van der Waals surface area (Å²) >= 11 is 0. The molecule has 0 aliphatic carbocycles. The van der Waals surface area contributed by atoms with Gasteiger partial charge in [0, 0.05) is 18.5 Å². The molecule has 0 saturated carbocycles. The van der Waals surface area contributed by atoms with E-state index in [9.17, 15) is 0 Å². The van der Waals surface area contributed by atoms with Gasteiger partial charge in [0.15, 0.2) is 5.65 Å². The normalized spacial score (nSPS) is 15.3. The second kappa shape index (κ2) is 6.95. The number of H-pyrrole nitrogens is 1. The first-order valence-corrected chi connectivity index (χ1v) is 10.3. The smallest absolute Gasteiger partial charge is 0.227 e. The predicted molar refractivity (Wildman–Crippen MR) is 117 cm³/mol. The van der Waals surface area contributed by atoms with E-state index in [0.29, 0.717) is 5.92 Å². The highest BCUT2D eigenvalue weighted by atomic mass is 15.3. The first-order valence-electron chi connectivity index (χ1n) is 10.3. The maximum Gasteiger partial charge on any atom is 0.227 e. The van der Waals surface area contributed by atoms with Crippen molar-refractivity contribution in [1.82, 2.24) is 29.7 Å². The zero-order chi connectivity index (χ0) is 19.9. The Labute approximate surface area is 173 Å². The summed E-state index contributed by atoms with van der Waals surface area (Å²) in [5, 5.41) is 8.22. The quantitative estimate of drug-likeness (QED) is 0.498. The molecule has 1 aliphatic heterocycles. The standard InChI is InChI=1S/C23H21N7/c1-2-4-16(5-3-1)17-8-10-29(11-9-17)23-24-14-21-22(27-23)30(15-25-21)19-7-6-18-13-26-28-20(18)12-19/h1-7,12-15,17H,8-11H2,(H,26,28). The number of fused-ring (bicyclic) bond motifs is 2. The fourth-order valence-electron chi connectivity index (χ4n) is 4.35. The molecule has 4 heterocycles. The summed E-state index contributed by atoms with van der Waals surface area (Å²) in [6, 6.07) is 17.0. The van der Waals surface area contributed by atoms with E-state index in [0.717, 1.165) is 59.6 Å². The molecular weight excluding hydrogens is 374 g/mol. The Hall–Kier alpha value is -3.74. The van der Waals surface area contributed by atoms with Crippen LogP contribution in [-0.2, 0) is 0 Å². The number of anilines is 1. The number of nitrogens with one attached hydrogen (secondary N) is 1. The fraction of sp³-hybridized carbons (Fsp3) is 0.217. The van der Waals surface area contributed by atoms with Crippen LogP contribution in [0.15, 0.2) is 67.3 Å². The molecule has 5 aromatic rings. The number of hydrogen-bond acceptors (Lipinski definition) is 5. The zero-order valence-electron chi connectivity index (χ0n) is 16.4. The summed E-state index contributed by atoms with van der Waals surface area (Å²) < 4.78 is 2.01. The molecule has 7 nitrogen and oxygen atoms in total. The Kier molecular flexibility index (Phi) is 3.97. The molecule has 3 aromatic heterocycles. The Morgan fingerprint density at radius 1 is 0.933 bits per heavy atom. The van der Waals surface area contributed by atoms with Crippen LogP contribution in [0.4, 0.5) is 5.95 Å². The maximum absolute atomic E-state index is 4.89. The molecule has 0 radical (unpaired) electrons. The topological polar surface area (TPSA) is 75.5 Å². The van der Waals surface area contributed by atoms with Crippen molar-refractivity contribution in [3.8, 4) is 5.69 Å². The third-order valence-electron chi connectivity index (χ3n) is 6.03. The predicted octanol–water partition coefficient (Wildman–Crippen LogP) is 4.08. The Morgan fingerprint density at radius 3 is 2.67 bits per heavy atom. The van der Waals surface area contributed by atoms with E-state index in [-0.39, 0.29) is 0 Å². The Bertz CT molecular complexity index is 1310. The van der Waals surface area contributed by atoms with Crippen LogP contribution >= 0.6 is 0 Å². The summed E-state index contributed by atoms with van der Waals surface area (Å²) in [6.07, 6.45) is 7.68. The van der Waals surface area contributed by atoms with Gasteiger partial charge in [-0.1, -0.05) is 30.3 Å². The van der Waals surface area contributed by atoms with Gasteiger partial charge in [0.25, 0.3) is 0 Å². The molecule has 1 fully saturated rings. The third kappa shape index (κ3) is 2.90. The lowest BCUT2D eigenvalue weighted by Gasteiger charge is -2.32. The fourth-order valence-corrected chi connectivity index (χ4v) is 4.35. The van der Waals surface area contributed by atoms with Crippen LogP contribution in [0, 0.1) is 0 Å². The number of hydrogen-bond donors (Lipinski definition) is 1. The minimum atomic E-state index is 0.609. The molecule has 6 rings (SSSR count). The molecule has 0 amide bonds. The SMILES string of the molecule is c1ccc(C2CCN(c3ncc4ncn(-c5ccc6cn[nH]c6c5)c4n3)CC2)cc1. The highest BCUT2D eigenvalue weighted by Crippen LogP contribution is 2.30. The lowest BCUT2D eigenvalue weighted by Crippen LogP contribution is -2.34. The molecule has 0 spiro atoms. The van der Waals surface area contributed by atoms with Gasteiger partial charge in [0.05, 0.1) is 23.6 Å². The average molecular weight is 395 g/mol. The van der Waals surface area contributed by atoms with Gasteiger partial charge in [-0.3, -0.25) is 9.67 Å². The molecular formula is C23H21N7. The summed E-state index contributed by atoms with van der Waals surface area (Å²) in [7, 11) is 0. The van der Waals surface area contributed by atoms with Gasteiger partial charge in [0.1, 0.15) is 11.8 Å². The number of benzene rings is 2. The molecule has 1 N–H and O–H groups in total. The van der Waals surface area contributed by atoms with Gasteiger partial charge in [-0.25, -0.2) is 9.97 Å². The Morgan fingerprint density at radius 2 is 1.80 bits per heavy atom. The van der Waals surface area contributed by atoms with E-state index < -0.39 is 0 Å². The third-order valence-corrected chi connectivity index (χ3v) is 6.03. The van der Waals surface area contributed by atoms with Gasteiger partial charge in [-0.05, 0) is 42.5 Å². The summed E-state index contributed by atoms with van der Waals surface area (Å²) in [5.74, 6) is 1.39. The molecule has 148 valence electrons. The van der Waals surface area contributed by atoms with Crippen molar-refractivity contribution in [3.63, 3.8) is 0 Å². The summed E-state index contributed by atoms with van der Waals surface area (Å²) in [4.78, 5) is 16.3. The van der Waals surface area contributed by atoms with Gasteiger partial charge in [0.2, 0.25) is 5.95 Å². The van der Waals surface area contributed by atoms with Crippen LogP contribution in [0.1, 0.15) is 24.3 Å². The molecule has 1 saturated heterocycles. The molecule has 2 aromatic carbocycles. The second-order valence-corrected chi connectivity index (χ2v) is 7.81. The van der Waals surface area contributed by atoms with Crippen LogP contribution in [0.5, 0.6) is 0 Å². The number of aromatic nitrogens is 6. The van der Waals surface area contributed by atoms with Crippen LogP contribution in [0.3, 0.4) is 0 Å². The van der Waals surface area contributed by atoms with Gasteiger partial charge in [-0.2, -0.15) is 10.1 Å². The minimum Gasteiger partial charge on any atom is -0.341 e. The molecule has 0 bridgehead atoms. The van der Waals surface area contributed by atoms with Crippen molar-refractivity contribution in [2.45, 2.75) is 18.8 Å². The first kappa shape index (κ1) is 17.1. The van der Waals surface area contributed by atoms with Crippen molar-refractivity contribution < 1.29 is 0 Å². The van der Waals surface area contributed by atoms with Gasteiger partial charge < -0.3 is 4.90 Å². The van der Waals surface area contributed by atoms with Crippen LogP contribution in [-0.4, -0.2) is 42.8 Å². The average Bonchev–Trinajstić information content (AvgIpc) is 3.45. The van der Waals surface area contributed by atoms with E-state index in [1.54, 1.807) is 0 Å². The van der Waals surface area contributed by atoms with Crippen molar-refractivity contribution >= 4 is 28.0 Å². The van der Waals surface area contributed by atoms with Crippen LogP contribution in [0.2, 0.25) is 0 Å². The van der Waals surface area contributed by atoms with E-state index in [1.165, 1.54) is 5.56 Å². The Balaban J connectivity index is 1.29. The van der Waals surface area contributed by atoms with Gasteiger partial charge >= 0.3 is 0 Å². The van der Waals surface area contributed by atoms with Crippen LogP contribution < -0.4 is 4.90 Å². The summed E-state index contributed by atoms with van der Waals surface area (Å²) in [6.45, 7) is 1.92. The largest absolute Gasteiger partial charge is 0.341 e. The molecule has 0 unspecified atom stereocenters. The van der Waals surface area contributed by atoms with E-state index in [4.69, 9.17) is 4.98 Å². The monoisotopic (exact) mass is 395 g/mol. The van der Waals surface area contributed by atoms with E-state index in [2.05, 4.69) is 73.6 Å². The number of imidazole rings is 1. The number of nitrogens with zero attached hydrogens (tertiary/aromatic N) is 6. The first-order chi connectivity index (χ1) is 14.8. The number of rotatable bonds is 3. The number of aromatic amines is 1. The molecule has 0 atom stereocenters. The van der Waals surface area contributed by atoms with Crippen molar-refractivity contribution in [1.29, 1.82) is 0 Å². The molecule has 7 heteroatoms. The lowest BCUT2D eigenvalue weighted by molar-refractivity contribution is 0.500. The summed E-state index contributed by atoms with van der Waals surface area (Å²) in [5.41, 5.74) is 5.04. The van der Waals surface area contributed by atoms with E-state index in [1.807, 2.05) is 23.3 Å². The lowest BCUT2D eigenvalue weighted by atomic mass is 9.90. The van der Waals surface area contributed by atoms with Crippen molar-refractivity contribution in [2.75, 3.05) is 18.0 Å². The minimum absolute atomic E-state index is 0.609. The van der Waals surface area contributed by atoms with Crippen molar-refractivity contribution in [2.24, 2.45) is 0 Å². The maximum atomic E-state index is 4.89.